The summed E-state index contributed by atoms with van der Waals surface area (Å²) >= 11 is 0. The van der Waals surface area contributed by atoms with Crippen molar-refractivity contribution in [2.45, 2.75) is 38.6 Å². The highest BCUT2D eigenvalue weighted by Crippen LogP contribution is 2.19. The van der Waals surface area contributed by atoms with Gasteiger partial charge in [0.2, 0.25) is 0 Å². The van der Waals surface area contributed by atoms with Gasteiger partial charge in [-0.15, -0.1) is 0 Å². The topological polar surface area (TPSA) is 81.9 Å². The lowest BCUT2D eigenvalue weighted by Crippen LogP contribution is -2.55. The zero-order valence-electron chi connectivity index (χ0n) is 15.6. The quantitative estimate of drug-likeness (QED) is 0.394. The van der Waals surface area contributed by atoms with Gasteiger partial charge in [-0.1, -0.05) is 6.42 Å². The van der Waals surface area contributed by atoms with Crippen molar-refractivity contribution in [1.29, 1.82) is 0 Å². The third-order valence-corrected chi connectivity index (χ3v) is 4.57. The van der Waals surface area contributed by atoms with Crippen LogP contribution in [0.25, 0.3) is 0 Å². The fourth-order valence-electron chi connectivity index (χ4n) is 2.98. The monoisotopic (exact) mass is 349 g/mol. The van der Waals surface area contributed by atoms with E-state index in [9.17, 15) is 4.79 Å². The Bertz CT molecular complexity index is 548. The summed E-state index contributed by atoms with van der Waals surface area (Å²) in [5.74, 6) is 0.865. The number of hydrogen-bond donors (Lipinski definition) is 3. The summed E-state index contributed by atoms with van der Waals surface area (Å²) in [6, 6.07) is 3.34. The molecule has 0 unspecified atom stereocenters. The predicted octanol–water partition coefficient (Wildman–Crippen LogP) is 1.44. The molecule has 0 aliphatic carbocycles. The Kier molecular flexibility index (Phi) is 7.31. The van der Waals surface area contributed by atoms with Crippen LogP contribution in [0.15, 0.2) is 27.8 Å². The summed E-state index contributed by atoms with van der Waals surface area (Å²) in [5, 5.41) is 9.41. The number of hydrogen-bond acceptors (Lipinski definition) is 4. The lowest BCUT2D eigenvalue weighted by molar-refractivity contribution is 0.0926. The molecule has 7 nitrogen and oxygen atoms in total. The molecule has 25 heavy (non-hydrogen) atoms. The van der Waals surface area contributed by atoms with Crippen LogP contribution in [0.2, 0.25) is 0 Å². The van der Waals surface area contributed by atoms with E-state index in [4.69, 9.17) is 4.42 Å². The number of carbonyl (C=O) groups is 1. The van der Waals surface area contributed by atoms with E-state index in [-0.39, 0.29) is 11.4 Å². The minimum Gasteiger partial charge on any atom is -0.459 e. The van der Waals surface area contributed by atoms with Crippen LogP contribution >= 0.6 is 0 Å². The van der Waals surface area contributed by atoms with E-state index in [1.54, 1.807) is 19.2 Å². The zero-order chi connectivity index (χ0) is 18.1. The summed E-state index contributed by atoms with van der Waals surface area (Å²) in [7, 11) is 1.75. The van der Waals surface area contributed by atoms with Crippen LogP contribution in [0.4, 0.5) is 0 Å². The van der Waals surface area contributed by atoms with Gasteiger partial charge in [-0.2, -0.15) is 0 Å². The van der Waals surface area contributed by atoms with Crippen LogP contribution < -0.4 is 16.0 Å². The molecular formula is C18H31N5O2. The standard InChI is InChI=1S/C18H31N5O2/c1-18(2,23-11-5-4-6-12-23)14-22-17(19-3)21-10-9-20-16(24)15-8-7-13-25-15/h7-8,13H,4-6,9-12,14H2,1-3H3,(H,20,24)(H2,19,21,22). The van der Waals surface area contributed by atoms with Gasteiger partial charge in [0.05, 0.1) is 6.26 Å². The summed E-state index contributed by atoms with van der Waals surface area (Å²) in [6.07, 6.45) is 5.40. The average molecular weight is 349 g/mol. The van der Waals surface area contributed by atoms with Crippen LogP contribution in [-0.4, -0.2) is 62.1 Å². The molecule has 0 spiro atoms. The van der Waals surface area contributed by atoms with Gasteiger partial charge in [-0.3, -0.25) is 14.7 Å². The van der Waals surface area contributed by atoms with Gasteiger partial charge in [0, 0.05) is 32.2 Å². The van der Waals surface area contributed by atoms with Crippen molar-refractivity contribution in [3.63, 3.8) is 0 Å². The third kappa shape index (κ3) is 6.08. The number of nitrogens with zero attached hydrogens (tertiary/aromatic N) is 2. The molecule has 0 bridgehead atoms. The van der Waals surface area contributed by atoms with Crippen LogP contribution in [0.3, 0.4) is 0 Å². The Morgan fingerprint density at radius 2 is 1.92 bits per heavy atom. The molecule has 7 heteroatoms. The number of likely N-dealkylation sites (tertiary alicyclic amines) is 1. The molecule has 2 heterocycles. The molecule has 1 aromatic heterocycles. The van der Waals surface area contributed by atoms with Crippen molar-refractivity contribution >= 4 is 11.9 Å². The largest absolute Gasteiger partial charge is 0.459 e. The molecule has 1 fully saturated rings. The molecule has 0 aromatic carbocycles. The SMILES string of the molecule is CN=C(NCCNC(=O)c1ccco1)NCC(C)(C)N1CCCCC1. The van der Waals surface area contributed by atoms with Crippen molar-refractivity contribution in [2.75, 3.05) is 39.8 Å². The number of rotatable bonds is 7. The second-order valence-electron chi connectivity index (χ2n) is 6.95. The number of aliphatic imine (C=N–C) groups is 1. The van der Waals surface area contributed by atoms with E-state index < -0.39 is 0 Å². The van der Waals surface area contributed by atoms with Crippen molar-refractivity contribution in [1.82, 2.24) is 20.9 Å². The Hall–Kier alpha value is -2.02. The minimum atomic E-state index is -0.207. The van der Waals surface area contributed by atoms with Gasteiger partial charge in [0.15, 0.2) is 11.7 Å². The number of carbonyl (C=O) groups excluding carboxylic acids is 1. The number of furan rings is 1. The van der Waals surface area contributed by atoms with Crippen LogP contribution in [-0.2, 0) is 0 Å². The molecule has 3 N–H and O–H groups in total. The maximum Gasteiger partial charge on any atom is 0.287 e. The van der Waals surface area contributed by atoms with Gasteiger partial charge >= 0.3 is 0 Å². The van der Waals surface area contributed by atoms with Gasteiger partial charge in [-0.05, 0) is 51.9 Å². The Labute approximate surface area is 150 Å². The fourth-order valence-corrected chi connectivity index (χ4v) is 2.98. The Morgan fingerprint density at radius 3 is 2.56 bits per heavy atom. The summed E-state index contributed by atoms with van der Waals surface area (Å²) in [5.41, 5.74) is 0.0888. The zero-order valence-corrected chi connectivity index (χ0v) is 15.6. The van der Waals surface area contributed by atoms with E-state index in [0.29, 0.717) is 18.8 Å². The molecule has 0 saturated carbocycles. The maximum absolute atomic E-state index is 11.8. The summed E-state index contributed by atoms with van der Waals surface area (Å²) in [4.78, 5) is 18.6. The Balaban J connectivity index is 1.67. The van der Waals surface area contributed by atoms with Crippen LogP contribution in [0, 0.1) is 0 Å². The lowest BCUT2D eigenvalue weighted by atomic mass is 9.98. The van der Waals surface area contributed by atoms with Crippen molar-refractivity contribution in [2.24, 2.45) is 4.99 Å². The Morgan fingerprint density at radius 1 is 1.20 bits per heavy atom. The van der Waals surface area contributed by atoms with Crippen LogP contribution in [0.1, 0.15) is 43.7 Å². The highest BCUT2D eigenvalue weighted by molar-refractivity contribution is 5.91. The van der Waals surface area contributed by atoms with E-state index in [1.165, 1.54) is 38.6 Å². The highest BCUT2D eigenvalue weighted by atomic mass is 16.3. The van der Waals surface area contributed by atoms with Crippen molar-refractivity contribution in [3.05, 3.63) is 24.2 Å². The second-order valence-corrected chi connectivity index (χ2v) is 6.95. The number of guanidine groups is 1. The molecule has 2 rings (SSSR count). The first-order valence-corrected chi connectivity index (χ1v) is 9.04. The van der Waals surface area contributed by atoms with Gasteiger partial charge in [0.1, 0.15) is 0 Å². The molecule has 0 atom stereocenters. The first-order chi connectivity index (χ1) is 12.0. The average Bonchev–Trinajstić information content (AvgIpc) is 3.16. The minimum absolute atomic E-state index is 0.0888. The smallest absolute Gasteiger partial charge is 0.287 e. The molecule has 140 valence electrons. The maximum atomic E-state index is 11.8. The number of nitrogens with one attached hydrogen (secondary N) is 3. The summed E-state index contributed by atoms with van der Waals surface area (Å²) < 4.78 is 5.06. The normalized spacial score (nSPS) is 16.5. The predicted molar refractivity (Wildman–Crippen MR) is 99.9 cm³/mol. The van der Waals surface area contributed by atoms with Crippen molar-refractivity contribution in [3.8, 4) is 0 Å². The second kappa shape index (κ2) is 9.46. The van der Waals surface area contributed by atoms with Crippen molar-refractivity contribution < 1.29 is 9.21 Å². The summed E-state index contributed by atoms with van der Waals surface area (Å²) in [6.45, 7) is 8.78. The molecule has 1 saturated heterocycles. The molecule has 1 amide bonds. The van der Waals surface area contributed by atoms with Gasteiger partial charge in [-0.25, -0.2) is 0 Å². The molecule has 1 aromatic rings. The van der Waals surface area contributed by atoms with E-state index in [0.717, 1.165) is 12.5 Å². The molecular weight excluding hydrogens is 318 g/mol. The van der Waals surface area contributed by atoms with Crippen LogP contribution in [0.5, 0.6) is 0 Å². The van der Waals surface area contributed by atoms with Gasteiger partial charge in [0.25, 0.3) is 5.91 Å². The number of piperidine rings is 1. The molecule has 1 aliphatic rings. The molecule has 1 aliphatic heterocycles. The van der Waals surface area contributed by atoms with E-state index in [2.05, 4.69) is 39.7 Å². The highest BCUT2D eigenvalue weighted by Gasteiger charge is 2.27. The number of amides is 1. The fraction of sp³-hybridized carbons (Fsp3) is 0.667. The van der Waals surface area contributed by atoms with Gasteiger partial charge < -0.3 is 20.4 Å². The lowest BCUT2D eigenvalue weighted by Gasteiger charge is -2.41. The van der Waals surface area contributed by atoms with E-state index in [1.807, 2.05) is 0 Å². The third-order valence-electron chi connectivity index (χ3n) is 4.57. The van der Waals surface area contributed by atoms with E-state index >= 15 is 0 Å². The molecule has 0 radical (unpaired) electrons. The first-order valence-electron chi connectivity index (χ1n) is 9.04. The first kappa shape index (κ1) is 19.3.